The van der Waals surface area contributed by atoms with Crippen LogP contribution in [0.5, 0.6) is 5.75 Å². The molecule has 0 saturated carbocycles. The lowest BCUT2D eigenvalue weighted by molar-refractivity contribution is 0.193. The lowest BCUT2D eigenvalue weighted by atomic mass is 10.0. The third-order valence-electron chi connectivity index (χ3n) is 3.24. The van der Waals surface area contributed by atoms with Crippen molar-refractivity contribution in [2.75, 3.05) is 0 Å². The Kier molecular flexibility index (Phi) is 3.65. The number of aromatic hydroxyl groups is 1. The number of halogens is 1. The fourth-order valence-electron chi connectivity index (χ4n) is 2.23. The van der Waals surface area contributed by atoms with Crippen LogP contribution in [0.2, 0.25) is 5.02 Å². The molecule has 0 fully saturated rings. The molecule has 6 heteroatoms. The van der Waals surface area contributed by atoms with E-state index < -0.39 is 6.09 Å². The zero-order valence-corrected chi connectivity index (χ0v) is 12.1. The van der Waals surface area contributed by atoms with Crippen LogP contribution in [0.25, 0.3) is 22.1 Å². The van der Waals surface area contributed by atoms with Gasteiger partial charge in [-0.05, 0) is 41.5 Å². The molecule has 1 aromatic heterocycles. The average Bonchev–Trinajstić information content (AvgIpc) is 2.89. The molecule has 0 aliphatic carbocycles. The number of fused-ring (bicyclic) bond motifs is 1. The number of amides is 1. The molecular formula is C16H12ClNO4. The van der Waals surface area contributed by atoms with Crippen LogP contribution in [0, 0.1) is 0 Å². The molecule has 5 nitrogen and oxygen atoms in total. The van der Waals surface area contributed by atoms with Crippen molar-refractivity contribution in [1.29, 1.82) is 0 Å². The summed E-state index contributed by atoms with van der Waals surface area (Å²) in [5.41, 5.74) is 2.32. The smallest absolute Gasteiger partial charge is 0.405 e. The van der Waals surface area contributed by atoms with Crippen LogP contribution < -0.4 is 5.32 Å². The predicted octanol–water partition coefficient (Wildman–Crippen LogP) is 4.23. The van der Waals surface area contributed by atoms with E-state index in [1.54, 1.807) is 36.4 Å². The Labute approximate surface area is 130 Å². The summed E-state index contributed by atoms with van der Waals surface area (Å²) in [6.07, 6.45) is -1.11. The van der Waals surface area contributed by atoms with Crippen molar-refractivity contribution >= 4 is 28.7 Å². The first-order valence-electron chi connectivity index (χ1n) is 6.51. The fourth-order valence-corrected chi connectivity index (χ4v) is 2.50. The standard InChI is InChI=1S/C16H12ClNO4/c17-14-7-10(9-1-3-12(19)4-2-9)5-11-6-13(22-15(11)14)8-18-16(20)21/h1-7,18-19H,8H2,(H,20,21). The van der Waals surface area contributed by atoms with Gasteiger partial charge in [0.2, 0.25) is 0 Å². The molecule has 3 aromatic rings. The molecule has 0 atom stereocenters. The van der Waals surface area contributed by atoms with Gasteiger partial charge in [-0.1, -0.05) is 23.7 Å². The second kappa shape index (κ2) is 5.61. The van der Waals surface area contributed by atoms with Crippen LogP contribution in [0.4, 0.5) is 4.79 Å². The van der Waals surface area contributed by atoms with Gasteiger partial charge < -0.3 is 19.9 Å². The second-order valence-electron chi connectivity index (χ2n) is 4.79. The number of carboxylic acid groups (broad SMARTS) is 1. The van der Waals surface area contributed by atoms with Gasteiger partial charge in [-0.15, -0.1) is 0 Å². The van der Waals surface area contributed by atoms with Gasteiger partial charge in [-0.25, -0.2) is 4.79 Å². The summed E-state index contributed by atoms with van der Waals surface area (Å²) >= 11 is 6.24. The Balaban J connectivity index is 2.00. The van der Waals surface area contributed by atoms with E-state index in [-0.39, 0.29) is 12.3 Å². The molecule has 0 aliphatic rings. The summed E-state index contributed by atoms with van der Waals surface area (Å²) in [7, 11) is 0. The highest BCUT2D eigenvalue weighted by Gasteiger charge is 2.11. The monoisotopic (exact) mass is 317 g/mol. The molecule has 1 amide bonds. The number of hydrogen-bond acceptors (Lipinski definition) is 3. The third kappa shape index (κ3) is 2.84. The highest BCUT2D eigenvalue weighted by molar-refractivity contribution is 6.35. The summed E-state index contributed by atoms with van der Waals surface area (Å²) < 4.78 is 5.56. The Hall–Kier alpha value is -2.66. The van der Waals surface area contributed by atoms with Crippen molar-refractivity contribution in [3.05, 3.63) is 53.2 Å². The third-order valence-corrected chi connectivity index (χ3v) is 3.52. The van der Waals surface area contributed by atoms with E-state index in [1.165, 1.54) is 0 Å². The summed E-state index contributed by atoms with van der Waals surface area (Å²) in [6.45, 7) is 0.0783. The molecule has 3 rings (SSSR count). The number of rotatable bonds is 3. The average molecular weight is 318 g/mol. The molecule has 0 saturated heterocycles. The van der Waals surface area contributed by atoms with Crippen molar-refractivity contribution in [1.82, 2.24) is 5.32 Å². The maximum Gasteiger partial charge on any atom is 0.405 e. The minimum Gasteiger partial charge on any atom is -0.508 e. The van der Waals surface area contributed by atoms with E-state index in [1.807, 2.05) is 6.07 Å². The highest BCUT2D eigenvalue weighted by Crippen LogP contribution is 2.33. The minimum atomic E-state index is -1.11. The van der Waals surface area contributed by atoms with Gasteiger partial charge in [-0.2, -0.15) is 0 Å². The quantitative estimate of drug-likeness (QED) is 0.675. The van der Waals surface area contributed by atoms with Gasteiger partial charge in [0.15, 0.2) is 5.58 Å². The van der Waals surface area contributed by atoms with E-state index >= 15 is 0 Å². The van der Waals surface area contributed by atoms with Gasteiger partial charge in [0.1, 0.15) is 11.5 Å². The first kappa shape index (κ1) is 14.3. The highest BCUT2D eigenvalue weighted by atomic mass is 35.5. The van der Waals surface area contributed by atoms with Gasteiger partial charge in [-0.3, -0.25) is 0 Å². The van der Waals surface area contributed by atoms with Crippen molar-refractivity contribution < 1.29 is 19.4 Å². The second-order valence-corrected chi connectivity index (χ2v) is 5.20. The molecule has 3 N–H and O–H groups in total. The first-order valence-corrected chi connectivity index (χ1v) is 6.89. The zero-order chi connectivity index (χ0) is 15.7. The molecule has 112 valence electrons. The number of benzene rings is 2. The first-order chi connectivity index (χ1) is 10.5. The van der Waals surface area contributed by atoms with Gasteiger partial charge in [0.05, 0.1) is 11.6 Å². The Morgan fingerprint density at radius 1 is 1.14 bits per heavy atom. The number of furan rings is 1. The van der Waals surface area contributed by atoms with Crippen LogP contribution in [-0.4, -0.2) is 16.3 Å². The van der Waals surface area contributed by atoms with Crippen LogP contribution >= 0.6 is 11.6 Å². The SMILES string of the molecule is O=C(O)NCc1cc2cc(-c3ccc(O)cc3)cc(Cl)c2o1. The fraction of sp³-hybridized carbons (Fsp3) is 0.0625. The molecule has 22 heavy (non-hydrogen) atoms. The topological polar surface area (TPSA) is 82.7 Å². The van der Waals surface area contributed by atoms with Crippen LogP contribution in [0.3, 0.4) is 0 Å². The van der Waals surface area contributed by atoms with E-state index in [0.717, 1.165) is 16.5 Å². The van der Waals surface area contributed by atoms with E-state index in [9.17, 15) is 9.90 Å². The number of carbonyl (C=O) groups is 1. The van der Waals surface area contributed by atoms with Crippen LogP contribution in [-0.2, 0) is 6.54 Å². The van der Waals surface area contributed by atoms with Gasteiger partial charge >= 0.3 is 6.09 Å². The predicted molar refractivity (Wildman–Crippen MR) is 83.2 cm³/mol. The number of hydrogen-bond donors (Lipinski definition) is 3. The normalized spacial score (nSPS) is 10.8. The largest absolute Gasteiger partial charge is 0.508 e. The summed E-state index contributed by atoms with van der Waals surface area (Å²) in [6, 6.07) is 12.2. The van der Waals surface area contributed by atoms with Crippen molar-refractivity contribution in [2.24, 2.45) is 0 Å². The van der Waals surface area contributed by atoms with Crippen molar-refractivity contribution in [3.8, 4) is 16.9 Å². The number of nitrogens with one attached hydrogen (secondary N) is 1. The molecule has 0 radical (unpaired) electrons. The molecule has 1 heterocycles. The Morgan fingerprint density at radius 2 is 1.86 bits per heavy atom. The molecule has 0 unspecified atom stereocenters. The van der Waals surface area contributed by atoms with E-state index in [0.29, 0.717) is 16.4 Å². The summed E-state index contributed by atoms with van der Waals surface area (Å²) in [5.74, 6) is 0.684. The summed E-state index contributed by atoms with van der Waals surface area (Å²) in [4.78, 5) is 10.5. The van der Waals surface area contributed by atoms with Crippen molar-refractivity contribution in [2.45, 2.75) is 6.54 Å². The number of phenolic OH excluding ortho intramolecular Hbond substituents is 1. The van der Waals surface area contributed by atoms with E-state index in [2.05, 4.69) is 5.32 Å². The Morgan fingerprint density at radius 3 is 2.55 bits per heavy atom. The summed E-state index contributed by atoms with van der Waals surface area (Å²) in [5, 5.41) is 21.4. The van der Waals surface area contributed by atoms with Crippen molar-refractivity contribution in [3.63, 3.8) is 0 Å². The maximum atomic E-state index is 10.5. The Bertz CT molecular complexity index is 839. The van der Waals surface area contributed by atoms with Gasteiger partial charge in [0, 0.05) is 5.39 Å². The van der Waals surface area contributed by atoms with Gasteiger partial charge in [0.25, 0.3) is 0 Å². The molecule has 0 aliphatic heterocycles. The van der Waals surface area contributed by atoms with Crippen LogP contribution in [0.15, 0.2) is 46.9 Å². The maximum absolute atomic E-state index is 10.5. The van der Waals surface area contributed by atoms with E-state index in [4.69, 9.17) is 21.1 Å². The molecule has 0 spiro atoms. The molecule has 2 aromatic carbocycles. The minimum absolute atomic E-state index is 0.0783. The van der Waals surface area contributed by atoms with Crippen LogP contribution in [0.1, 0.15) is 5.76 Å². The lowest BCUT2D eigenvalue weighted by Gasteiger charge is -2.03. The molecular weight excluding hydrogens is 306 g/mol. The molecule has 0 bridgehead atoms. The zero-order valence-electron chi connectivity index (χ0n) is 11.3. The lowest BCUT2D eigenvalue weighted by Crippen LogP contribution is -2.19. The number of phenols is 1.